The Balaban J connectivity index is 2.24. The van der Waals surface area contributed by atoms with Gasteiger partial charge in [-0.2, -0.15) is 0 Å². The van der Waals surface area contributed by atoms with Crippen LogP contribution in [0.5, 0.6) is 0 Å². The van der Waals surface area contributed by atoms with Gasteiger partial charge in [-0.3, -0.25) is 14.2 Å². The summed E-state index contributed by atoms with van der Waals surface area (Å²) in [6.45, 7) is 10.7. The molecule has 0 fully saturated rings. The highest BCUT2D eigenvalue weighted by atomic mass is 32.1. The molecule has 5 nitrogen and oxygen atoms in total. The average molecular weight is 398 g/mol. The van der Waals surface area contributed by atoms with Gasteiger partial charge in [0.05, 0.1) is 5.39 Å². The topological polar surface area (TPSA) is 78.0 Å². The molecule has 1 aromatic carbocycles. The van der Waals surface area contributed by atoms with E-state index >= 15 is 0 Å². The molecule has 0 aliphatic carbocycles. The molecule has 1 amide bonds. The van der Waals surface area contributed by atoms with Crippen molar-refractivity contribution in [3.63, 3.8) is 0 Å². The lowest BCUT2D eigenvalue weighted by Crippen LogP contribution is -2.26. The Morgan fingerprint density at radius 3 is 2.54 bits per heavy atom. The molecule has 2 N–H and O–H groups in total. The third-order valence-electron chi connectivity index (χ3n) is 5.13. The zero-order valence-corrected chi connectivity index (χ0v) is 17.9. The molecule has 2 heterocycles. The minimum atomic E-state index is -0.351. The normalized spacial score (nSPS) is 11.5. The van der Waals surface area contributed by atoms with E-state index in [1.807, 2.05) is 20.8 Å². The summed E-state index contributed by atoms with van der Waals surface area (Å²) < 4.78 is 1.73. The van der Waals surface area contributed by atoms with Crippen LogP contribution in [0.4, 0.5) is 0 Å². The molecular weight excluding hydrogens is 370 g/mol. The number of rotatable bonds is 6. The highest BCUT2D eigenvalue weighted by Crippen LogP contribution is 2.37. The first-order chi connectivity index (χ1) is 13.2. The number of carbonyl (C=O) groups is 1. The van der Waals surface area contributed by atoms with Gasteiger partial charge >= 0.3 is 0 Å². The molecule has 3 aromatic rings. The number of hydrogen-bond acceptors (Lipinski definition) is 4. The van der Waals surface area contributed by atoms with Crippen molar-refractivity contribution >= 4 is 27.5 Å². The van der Waals surface area contributed by atoms with Gasteiger partial charge in [-0.15, -0.1) is 11.3 Å². The number of primary amides is 1. The fourth-order valence-corrected chi connectivity index (χ4v) is 4.57. The Bertz CT molecular complexity index is 1110. The van der Waals surface area contributed by atoms with E-state index in [4.69, 9.17) is 10.7 Å². The van der Waals surface area contributed by atoms with E-state index in [1.54, 1.807) is 15.9 Å². The molecule has 0 atom stereocenters. The second-order valence-corrected chi connectivity index (χ2v) is 8.87. The van der Waals surface area contributed by atoms with Crippen molar-refractivity contribution < 1.29 is 4.79 Å². The van der Waals surface area contributed by atoms with Gasteiger partial charge in [-0.1, -0.05) is 32.0 Å². The molecule has 3 rings (SSSR count). The van der Waals surface area contributed by atoms with E-state index in [0.29, 0.717) is 18.4 Å². The third kappa shape index (κ3) is 3.74. The van der Waals surface area contributed by atoms with Crippen molar-refractivity contribution in [3.8, 4) is 11.1 Å². The van der Waals surface area contributed by atoms with Crippen molar-refractivity contribution in [2.24, 2.45) is 5.73 Å². The van der Waals surface area contributed by atoms with Gasteiger partial charge in [0.25, 0.3) is 5.56 Å². The molecule has 0 saturated carbocycles. The molecule has 0 aliphatic heterocycles. The van der Waals surface area contributed by atoms with E-state index < -0.39 is 0 Å². The van der Waals surface area contributed by atoms with Crippen LogP contribution in [0.2, 0.25) is 0 Å². The summed E-state index contributed by atoms with van der Waals surface area (Å²) in [7, 11) is 0. The lowest BCUT2D eigenvalue weighted by molar-refractivity contribution is -0.118. The Labute approximate surface area is 169 Å². The molecule has 0 unspecified atom stereocenters. The SMILES string of the molecule is Cc1ccc(-c2c(C)sc3nc(C(C)C)n(CCCC(N)=O)c(=O)c23)cc1C. The smallest absolute Gasteiger partial charge is 0.262 e. The first-order valence-electron chi connectivity index (χ1n) is 9.60. The van der Waals surface area contributed by atoms with Crippen LogP contribution in [0, 0.1) is 20.8 Å². The van der Waals surface area contributed by atoms with Gasteiger partial charge in [-0.25, -0.2) is 4.98 Å². The fraction of sp³-hybridized carbons (Fsp3) is 0.409. The predicted molar refractivity (Wildman–Crippen MR) is 116 cm³/mol. The summed E-state index contributed by atoms with van der Waals surface area (Å²) in [5.74, 6) is 0.517. The van der Waals surface area contributed by atoms with Gasteiger partial charge in [0.1, 0.15) is 10.7 Å². The monoisotopic (exact) mass is 397 g/mol. The molecule has 0 radical (unpaired) electrons. The quantitative estimate of drug-likeness (QED) is 0.668. The number of aromatic nitrogens is 2. The first kappa shape index (κ1) is 20.3. The molecule has 0 aliphatic rings. The molecule has 0 saturated heterocycles. The Hall–Kier alpha value is -2.47. The summed E-state index contributed by atoms with van der Waals surface area (Å²) in [6.07, 6.45) is 0.791. The van der Waals surface area contributed by atoms with E-state index in [1.165, 1.54) is 11.1 Å². The molecule has 6 heteroatoms. The maximum atomic E-state index is 13.5. The van der Waals surface area contributed by atoms with Crippen LogP contribution in [0.1, 0.15) is 54.4 Å². The molecule has 148 valence electrons. The van der Waals surface area contributed by atoms with Crippen LogP contribution in [0.15, 0.2) is 23.0 Å². The number of benzene rings is 1. The van der Waals surface area contributed by atoms with E-state index in [0.717, 1.165) is 26.7 Å². The van der Waals surface area contributed by atoms with Gasteiger partial charge in [0, 0.05) is 29.3 Å². The maximum Gasteiger partial charge on any atom is 0.262 e. The summed E-state index contributed by atoms with van der Waals surface area (Å²) >= 11 is 1.57. The minimum Gasteiger partial charge on any atom is -0.370 e. The van der Waals surface area contributed by atoms with Crippen LogP contribution in [0.25, 0.3) is 21.3 Å². The van der Waals surface area contributed by atoms with Crippen molar-refractivity contribution in [1.29, 1.82) is 0 Å². The molecule has 2 aromatic heterocycles. The molecule has 0 spiro atoms. The number of thiophene rings is 1. The van der Waals surface area contributed by atoms with E-state index in [9.17, 15) is 9.59 Å². The lowest BCUT2D eigenvalue weighted by Gasteiger charge is -2.15. The van der Waals surface area contributed by atoms with Gasteiger partial charge in [-0.05, 0) is 43.9 Å². The minimum absolute atomic E-state index is 0.0317. The maximum absolute atomic E-state index is 13.5. The fourth-order valence-electron chi connectivity index (χ4n) is 3.52. The second kappa shape index (κ2) is 7.87. The molecule has 28 heavy (non-hydrogen) atoms. The van der Waals surface area contributed by atoms with Crippen LogP contribution in [-0.2, 0) is 11.3 Å². The van der Waals surface area contributed by atoms with Crippen molar-refractivity contribution in [1.82, 2.24) is 9.55 Å². The highest BCUT2D eigenvalue weighted by Gasteiger charge is 2.21. The van der Waals surface area contributed by atoms with Gasteiger partial charge in [0.2, 0.25) is 5.91 Å². The number of hydrogen-bond donors (Lipinski definition) is 1. The number of nitrogens with two attached hydrogens (primary N) is 1. The largest absolute Gasteiger partial charge is 0.370 e. The number of nitrogens with zero attached hydrogens (tertiary/aromatic N) is 2. The van der Waals surface area contributed by atoms with Gasteiger partial charge in [0.15, 0.2) is 0 Å². The average Bonchev–Trinajstić information content (AvgIpc) is 2.95. The zero-order chi connectivity index (χ0) is 20.6. The second-order valence-electron chi connectivity index (χ2n) is 7.66. The standard InChI is InChI=1S/C22H27N3O2S/c1-12(2)20-24-21-19(22(27)25(20)10-6-7-17(23)26)18(15(5)28-21)16-9-8-13(3)14(4)11-16/h8-9,11-12H,6-7,10H2,1-5H3,(H2,23,26). The first-order valence-corrected chi connectivity index (χ1v) is 10.4. The van der Waals surface area contributed by atoms with E-state index in [2.05, 4.69) is 32.0 Å². The summed E-state index contributed by atoms with van der Waals surface area (Å²) in [5.41, 5.74) is 9.69. The Morgan fingerprint density at radius 1 is 1.21 bits per heavy atom. The van der Waals surface area contributed by atoms with Crippen molar-refractivity contribution in [3.05, 3.63) is 50.4 Å². The number of amides is 1. The van der Waals surface area contributed by atoms with Crippen LogP contribution < -0.4 is 11.3 Å². The highest BCUT2D eigenvalue weighted by molar-refractivity contribution is 7.19. The van der Waals surface area contributed by atoms with Crippen molar-refractivity contribution in [2.75, 3.05) is 0 Å². The summed E-state index contributed by atoms with van der Waals surface area (Å²) in [4.78, 5) is 31.3. The lowest BCUT2D eigenvalue weighted by atomic mass is 9.99. The van der Waals surface area contributed by atoms with Crippen LogP contribution in [-0.4, -0.2) is 15.5 Å². The summed E-state index contributed by atoms with van der Waals surface area (Å²) in [6, 6.07) is 6.30. The van der Waals surface area contributed by atoms with Crippen LogP contribution in [0.3, 0.4) is 0 Å². The molecular formula is C22H27N3O2S. The Kier molecular flexibility index (Phi) is 5.70. The number of carbonyl (C=O) groups excluding carboxylic acids is 1. The van der Waals surface area contributed by atoms with Gasteiger partial charge < -0.3 is 5.73 Å². The van der Waals surface area contributed by atoms with Crippen LogP contribution >= 0.6 is 11.3 Å². The molecule has 0 bridgehead atoms. The number of aryl methyl sites for hydroxylation is 3. The third-order valence-corrected chi connectivity index (χ3v) is 6.13. The van der Waals surface area contributed by atoms with Crippen molar-refractivity contribution in [2.45, 2.75) is 59.9 Å². The number of fused-ring (bicyclic) bond motifs is 1. The predicted octanol–water partition coefficient (Wildman–Crippen LogP) is 4.44. The van der Waals surface area contributed by atoms with E-state index in [-0.39, 0.29) is 23.8 Å². The summed E-state index contributed by atoms with van der Waals surface area (Å²) in [5, 5.41) is 0.675. The zero-order valence-electron chi connectivity index (χ0n) is 17.1. The Morgan fingerprint density at radius 2 is 1.93 bits per heavy atom.